The van der Waals surface area contributed by atoms with Gasteiger partial charge in [-0.3, -0.25) is 9.78 Å². The van der Waals surface area contributed by atoms with E-state index in [0.717, 1.165) is 16.3 Å². The highest BCUT2D eigenvalue weighted by molar-refractivity contribution is 5.94. The number of anilines is 1. The molecule has 20 heavy (non-hydrogen) atoms. The van der Waals surface area contributed by atoms with Crippen molar-refractivity contribution in [1.29, 1.82) is 0 Å². The monoisotopic (exact) mass is 272 g/mol. The van der Waals surface area contributed by atoms with Crippen LogP contribution >= 0.6 is 0 Å². The van der Waals surface area contributed by atoms with Crippen molar-refractivity contribution in [3.8, 4) is 0 Å². The number of benzene rings is 1. The smallest absolute Gasteiger partial charge is 0.306 e. The van der Waals surface area contributed by atoms with Crippen LogP contribution in [-0.4, -0.2) is 16.6 Å². The number of hydrogen-bond donors (Lipinski definition) is 1. The molecule has 2 rings (SSSR count). The average molecular weight is 272 g/mol. The second-order valence-corrected chi connectivity index (χ2v) is 5.83. The molecule has 0 unspecified atom stereocenters. The molecule has 0 aliphatic carbocycles. The Morgan fingerprint density at radius 2 is 2.05 bits per heavy atom. The summed E-state index contributed by atoms with van der Waals surface area (Å²) >= 11 is 0. The van der Waals surface area contributed by atoms with E-state index < -0.39 is 5.60 Å². The van der Waals surface area contributed by atoms with E-state index in [1.165, 1.54) is 0 Å². The summed E-state index contributed by atoms with van der Waals surface area (Å²) in [5.41, 5.74) is 7.23. The van der Waals surface area contributed by atoms with Crippen LogP contribution in [0.2, 0.25) is 0 Å². The maximum atomic E-state index is 11.8. The van der Waals surface area contributed by atoms with E-state index >= 15 is 0 Å². The number of aryl methyl sites for hydroxylation is 1. The highest BCUT2D eigenvalue weighted by Gasteiger charge is 2.16. The predicted molar refractivity (Wildman–Crippen MR) is 80.3 cm³/mol. The second kappa shape index (κ2) is 5.49. The summed E-state index contributed by atoms with van der Waals surface area (Å²) in [6.45, 7) is 5.60. The number of esters is 1. The molecule has 2 aromatic rings. The average Bonchev–Trinajstić information content (AvgIpc) is 2.34. The fourth-order valence-electron chi connectivity index (χ4n) is 2.18. The minimum Gasteiger partial charge on any atom is -0.460 e. The number of pyridine rings is 1. The van der Waals surface area contributed by atoms with E-state index in [1.807, 2.05) is 39.0 Å². The lowest BCUT2D eigenvalue weighted by molar-refractivity contribution is -0.154. The van der Waals surface area contributed by atoms with Crippen molar-refractivity contribution >= 4 is 22.4 Å². The third-order valence-corrected chi connectivity index (χ3v) is 2.92. The van der Waals surface area contributed by atoms with Crippen molar-refractivity contribution in [2.24, 2.45) is 0 Å². The molecule has 0 saturated heterocycles. The van der Waals surface area contributed by atoms with Gasteiger partial charge in [0.2, 0.25) is 0 Å². The Hall–Kier alpha value is -2.10. The van der Waals surface area contributed by atoms with Crippen LogP contribution in [0.1, 0.15) is 32.8 Å². The maximum Gasteiger partial charge on any atom is 0.306 e. The van der Waals surface area contributed by atoms with Crippen LogP contribution in [0.25, 0.3) is 10.8 Å². The van der Waals surface area contributed by atoms with Gasteiger partial charge in [-0.05, 0) is 32.8 Å². The zero-order valence-corrected chi connectivity index (χ0v) is 12.1. The number of nitrogens with two attached hydrogens (primary N) is 1. The predicted octanol–water partition coefficient (Wildman–Crippen LogP) is 3.09. The highest BCUT2D eigenvalue weighted by Crippen LogP contribution is 2.25. The van der Waals surface area contributed by atoms with Gasteiger partial charge in [0.1, 0.15) is 5.60 Å². The molecule has 0 aliphatic heterocycles. The molecule has 0 spiro atoms. The first-order valence-corrected chi connectivity index (χ1v) is 6.70. The fraction of sp³-hybridized carbons (Fsp3) is 0.375. The molecule has 1 aromatic carbocycles. The van der Waals surface area contributed by atoms with Gasteiger partial charge in [-0.25, -0.2) is 0 Å². The van der Waals surface area contributed by atoms with E-state index in [1.54, 1.807) is 12.4 Å². The molecule has 0 fully saturated rings. The van der Waals surface area contributed by atoms with E-state index in [-0.39, 0.29) is 5.97 Å². The topological polar surface area (TPSA) is 65.2 Å². The number of fused-ring (bicyclic) bond motifs is 1. The molecule has 0 radical (unpaired) electrons. The van der Waals surface area contributed by atoms with Crippen molar-refractivity contribution in [1.82, 2.24) is 4.98 Å². The van der Waals surface area contributed by atoms with Gasteiger partial charge in [-0.2, -0.15) is 0 Å². The first-order valence-electron chi connectivity index (χ1n) is 6.70. The lowest BCUT2D eigenvalue weighted by Gasteiger charge is -2.19. The van der Waals surface area contributed by atoms with E-state index in [0.29, 0.717) is 18.5 Å². The summed E-state index contributed by atoms with van der Waals surface area (Å²) in [6.07, 6.45) is 4.38. The van der Waals surface area contributed by atoms with Crippen molar-refractivity contribution < 1.29 is 9.53 Å². The van der Waals surface area contributed by atoms with Gasteiger partial charge in [0.15, 0.2) is 0 Å². The van der Waals surface area contributed by atoms with Gasteiger partial charge in [0.05, 0.1) is 11.9 Å². The van der Waals surface area contributed by atoms with Crippen LogP contribution in [0.15, 0.2) is 30.6 Å². The second-order valence-electron chi connectivity index (χ2n) is 5.83. The van der Waals surface area contributed by atoms with Gasteiger partial charge in [-0.1, -0.05) is 18.2 Å². The number of carbonyl (C=O) groups excluding carboxylic acids is 1. The fourth-order valence-corrected chi connectivity index (χ4v) is 2.18. The standard InChI is InChI=1S/C16H20N2O2/c1-16(2,3)20-14(19)8-7-11-5-4-6-12-9-18-10-13(17)15(11)12/h4-6,9-10H,7-8,17H2,1-3H3. The lowest BCUT2D eigenvalue weighted by Crippen LogP contribution is -2.24. The molecule has 4 heteroatoms. The molecule has 1 heterocycles. The van der Waals surface area contributed by atoms with Crippen molar-refractivity contribution in [2.45, 2.75) is 39.2 Å². The Bertz CT molecular complexity index is 625. The van der Waals surface area contributed by atoms with Crippen molar-refractivity contribution in [2.75, 3.05) is 5.73 Å². The molecule has 106 valence electrons. The Kier molecular flexibility index (Phi) is 3.93. The molecule has 0 bridgehead atoms. The van der Waals surface area contributed by atoms with E-state index in [4.69, 9.17) is 10.5 Å². The Balaban J connectivity index is 2.17. The Morgan fingerprint density at radius 1 is 1.30 bits per heavy atom. The lowest BCUT2D eigenvalue weighted by atomic mass is 10.0. The molecular formula is C16H20N2O2. The largest absolute Gasteiger partial charge is 0.460 e. The number of ether oxygens (including phenoxy) is 1. The minimum absolute atomic E-state index is 0.192. The SMILES string of the molecule is CC(C)(C)OC(=O)CCc1cccc2cncc(N)c12. The van der Waals surface area contributed by atoms with Crippen LogP contribution in [0.3, 0.4) is 0 Å². The number of rotatable bonds is 3. The van der Waals surface area contributed by atoms with Crippen molar-refractivity contribution in [3.05, 3.63) is 36.2 Å². The summed E-state index contributed by atoms with van der Waals surface area (Å²) in [5, 5.41) is 1.97. The minimum atomic E-state index is -0.446. The number of hydrogen-bond acceptors (Lipinski definition) is 4. The Labute approximate surface area is 119 Å². The number of carbonyl (C=O) groups is 1. The zero-order chi connectivity index (χ0) is 14.8. The summed E-state index contributed by atoms with van der Waals surface area (Å²) in [6, 6.07) is 5.91. The first kappa shape index (κ1) is 14.3. The number of nitrogens with zero attached hydrogens (tertiary/aromatic N) is 1. The molecule has 4 nitrogen and oxygen atoms in total. The van der Waals surface area contributed by atoms with E-state index in [2.05, 4.69) is 4.98 Å². The zero-order valence-electron chi connectivity index (χ0n) is 12.1. The van der Waals surface area contributed by atoms with Gasteiger partial charge < -0.3 is 10.5 Å². The van der Waals surface area contributed by atoms with Gasteiger partial charge in [0.25, 0.3) is 0 Å². The van der Waals surface area contributed by atoms with Gasteiger partial charge in [0, 0.05) is 23.4 Å². The molecule has 1 aromatic heterocycles. The third kappa shape index (κ3) is 3.47. The Morgan fingerprint density at radius 3 is 2.75 bits per heavy atom. The van der Waals surface area contributed by atoms with Crippen molar-refractivity contribution in [3.63, 3.8) is 0 Å². The molecule has 0 saturated carbocycles. The van der Waals surface area contributed by atoms with Crippen LogP contribution in [-0.2, 0) is 16.0 Å². The van der Waals surface area contributed by atoms with Crippen LogP contribution in [0.5, 0.6) is 0 Å². The molecule has 0 amide bonds. The summed E-state index contributed by atoms with van der Waals surface area (Å²) < 4.78 is 5.32. The third-order valence-electron chi connectivity index (χ3n) is 2.92. The molecule has 0 aliphatic rings. The highest BCUT2D eigenvalue weighted by atomic mass is 16.6. The van der Waals surface area contributed by atoms with Gasteiger partial charge in [-0.15, -0.1) is 0 Å². The normalized spacial score (nSPS) is 11.6. The quantitative estimate of drug-likeness (QED) is 0.872. The van der Waals surface area contributed by atoms with E-state index in [9.17, 15) is 4.79 Å². The van der Waals surface area contributed by atoms with Crippen LogP contribution in [0, 0.1) is 0 Å². The van der Waals surface area contributed by atoms with Crippen LogP contribution < -0.4 is 5.73 Å². The molecular weight excluding hydrogens is 252 g/mol. The number of aromatic nitrogens is 1. The summed E-state index contributed by atoms with van der Waals surface area (Å²) in [5.74, 6) is -0.192. The van der Waals surface area contributed by atoms with Crippen LogP contribution in [0.4, 0.5) is 5.69 Å². The maximum absolute atomic E-state index is 11.8. The number of nitrogen functional groups attached to an aromatic ring is 1. The summed E-state index contributed by atoms with van der Waals surface area (Å²) in [7, 11) is 0. The molecule has 0 atom stereocenters. The first-order chi connectivity index (χ1) is 9.37. The molecule has 2 N–H and O–H groups in total. The summed E-state index contributed by atoms with van der Waals surface area (Å²) in [4.78, 5) is 15.9. The van der Waals surface area contributed by atoms with Gasteiger partial charge >= 0.3 is 5.97 Å².